The molecule has 0 bridgehead atoms. The van der Waals surface area contributed by atoms with Gasteiger partial charge >= 0.3 is 0 Å². The van der Waals surface area contributed by atoms with Crippen LogP contribution in [0.5, 0.6) is 5.75 Å². The summed E-state index contributed by atoms with van der Waals surface area (Å²) in [6.45, 7) is 2.02. The van der Waals surface area contributed by atoms with Crippen LogP contribution in [0.3, 0.4) is 0 Å². The molecule has 3 aromatic rings. The second-order valence-corrected chi connectivity index (χ2v) is 4.84. The first-order valence-electron chi connectivity index (χ1n) is 6.49. The first-order valence-corrected chi connectivity index (χ1v) is 6.49. The molecule has 0 aliphatic carbocycles. The highest BCUT2D eigenvalue weighted by Crippen LogP contribution is 2.28. The maximum absolute atomic E-state index is 13.0. The molecule has 106 valence electrons. The zero-order valence-corrected chi connectivity index (χ0v) is 11.4. The van der Waals surface area contributed by atoms with E-state index < -0.39 is 5.82 Å². The topological polar surface area (TPSA) is 59.2 Å². The number of aromatic hydroxyl groups is 1. The molecule has 0 amide bonds. The number of hydrogen-bond acceptors (Lipinski definition) is 4. The van der Waals surface area contributed by atoms with E-state index in [0.717, 1.165) is 11.6 Å². The van der Waals surface area contributed by atoms with Gasteiger partial charge in [0, 0.05) is 12.5 Å². The second kappa shape index (κ2) is 5.36. The summed E-state index contributed by atoms with van der Waals surface area (Å²) in [5.41, 5.74) is 2.57. The van der Waals surface area contributed by atoms with Gasteiger partial charge in [-0.25, -0.2) is 4.39 Å². The van der Waals surface area contributed by atoms with Crippen LogP contribution in [0.2, 0.25) is 0 Å². The van der Waals surface area contributed by atoms with Gasteiger partial charge < -0.3 is 9.63 Å². The summed E-state index contributed by atoms with van der Waals surface area (Å²) in [5.74, 6) is -0.0524. The van der Waals surface area contributed by atoms with Crippen LogP contribution in [-0.2, 0) is 6.42 Å². The molecule has 5 heteroatoms. The molecule has 4 nitrogen and oxygen atoms in total. The molecule has 1 heterocycles. The van der Waals surface area contributed by atoms with Gasteiger partial charge in [-0.05, 0) is 24.6 Å². The van der Waals surface area contributed by atoms with Crippen LogP contribution < -0.4 is 0 Å². The minimum atomic E-state index is -0.518. The largest absolute Gasteiger partial charge is 0.507 e. The van der Waals surface area contributed by atoms with Crippen molar-refractivity contribution in [2.24, 2.45) is 0 Å². The molecule has 1 aromatic heterocycles. The normalized spacial score (nSPS) is 10.8. The van der Waals surface area contributed by atoms with Crippen LogP contribution in [0, 0.1) is 12.7 Å². The molecular weight excluding hydrogens is 271 g/mol. The standard InChI is InChI=1S/C16H13FN2O2/c1-10-2-4-11(5-3-10)8-15-18-16(21-19-15)13-7-6-12(17)9-14(13)20/h2-7,9,20H,8H2,1H3. The molecule has 0 unspecified atom stereocenters. The van der Waals surface area contributed by atoms with E-state index in [1.807, 2.05) is 31.2 Å². The van der Waals surface area contributed by atoms with Crippen LogP contribution >= 0.6 is 0 Å². The number of nitrogens with zero attached hydrogens (tertiary/aromatic N) is 2. The van der Waals surface area contributed by atoms with E-state index in [2.05, 4.69) is 10.1 Å². The predicted octanol–water partition coefficient (Wildman–Crippen LogP) is 3.48. The molecule has 0 saturated heterocycles. The second-order valence-electron chi connectivity index (χ2n) is 4.84. The maximum atomic E-state index is 13.0. The van der Waals surface area contributed by atoms with Crippen LogP contribution in [0.1, 0.15) is 17.0 Å². The van der Waals surface area contributed by atoms with E-state index in [1.165, 1.54) is 17.7 Å². The van der Waals surface area contributed by atoms with Gasteiger partial charge in [0.05, 0.1) is 5.56 Å². The van der Waals surface area contributed by atoms with Crippen LogP contribution in [0.4, 0.5) is 4.39 Å². The number of rotatable bonds is 3. The van der Waals surface area contributed by atoms with Crippen LogP contribution in [-0.4, -0.2) is 15.2 Å². The Bertz CT molecular complexity index is 766. The van der Waals surface area contributed by atoms with E-state index in [4.69, 9.17) is 4.52 Å². The zero-order chi connectivity index (χ0) is 14.8. The third-order valence-corrected chi connectivity index (χ3v) is 3.14. The summed E-state index contributed by atoms with van der Waals surface area (Å²) < 4.78 is 18.1. The Morgan fingerprint density at radius 2 is 1.90 bits per heavy atom. The molecule has 2 aromatic carbocycles. The number of aryl methyl sites for hydroxylation is 1. The van der Waals surface area contributed by atoms with E-state index in [-0.39, 0.29) is 11.6 Å². The molecule has 0 atom stereocenters. The summed E-state index contributed by atoms with van der Waals surface area (Å²) in [6, 6.07) is 11.7. The molecule has 0 saturated carbocycles. The summed E-state index contributed by atoms with van der Waals surface area (Å²) in [4.78, 5) is 4.23. The third kappa shape index (κ3) is 2.91. The van der Waals surface area contributed by atoms with Gasteiger partial charge in [0.25, 0.3) is 5.89 Å². The lowest BCUT2D eigenvalue weighted by Crippen LogP contribution is -1.91. The van der Waals surface area contributed by atoms with Gasteiger partial charge in [-0.3, -0.25) is 0 Å². The quantitative estimate of drug-likeness (QED) is 0.800. The lowest BCUT2D eigenvalue weighted by Gasteiger charge is -1.98. The van der Waals surface area contributed by atoms with Crippen molar-refractivity contribution in [2.75, 3.05) is 0 Å². The average Bonchev–Trinajstić information content (AvgIpc) is 2.90. The van der Waals surface area contributed by atoms with Crippen molar-refractivity contribution >= 4 is 0 Å². The monoisotopic (exact) mass is 284 g/mol. The fourth-order valence-electron chi connectivity index (χ4n) is 2.01. The van der Waals surface area contributed by atoms with E-state index in [1.54, 1.807) is 0 Å². The molecule has 3 rings (SSSR count). The summed E-state index contributed by atoms with van der Waals surface area (Å²) in [7, 11) is 0. The SMILES string of the molecule is Cc1ccc(Cc2noc(-c3ccc(F)cc3O)n2)cc1. The van der Waals surface area contributed by atoms with E-state index >= 15 is 0 Å². The smallest absolute Gasteiger partial charge is 0.261 e. The van der Waals surface area contributed by atoms with Gasteiger partial charge in [-0.2, -0.15) is 4.98 Å². The van der Waals surface area contributed by atoms with Crippen molar-refractivity contribution in [3.63, 3.8) is 0 Å². The van der Waals surface area contributed by atoms with Gasteiger partial charge in [0.1, 0.15) is 11.6 Å². The number of benzene rings is 2. The van der Waals surface area contributed by atoms with Crippen LogP contribution in [0.15, 0.2) is 47.0 Å². The molecule has 0 fully saturated rings. The van der Waals surface area contributed by atoms with Crippen molar-refractivity contribution in [3.05, 3.63) is 65.2 Å². The molecule has 0 spiro atoms. The van der Waals surface area contributed by atoms with E-state index in [9.17, 15) is 9.50 Å². The van der Waals surface area contributed by atoms with E-state index in [0.29, 0.717) is 17.8 Å². The number of phenolic OH excluding ortho intramolecular Hbond substituents is 1. The fraction of sp³-hybridized carbons (Fsp3) is 0.125. The maximum Gasteiger partial charge on any atom is 0.261 e. The summed E-state index contributed by atoms with van der Waals surface area (Å²) in [6.07, 6.45) is 0.533. The van der Waals surface area contributed by atoms with Crippen molar-refractivity contribution in [1.82, 2.24) is 10.1 Å². The Morgan fingerprint density at radius 1 is 1.14 bits per heavy atom. The highest BCUT2D eigenvalue weighted by molar-refractivity contribution is 5.61. The number of aromatic nitrogens is 2. The fourth-order valence-corrected chi connectivity index (χ4v) is 2.01. The minimum absolute atomic E-state index is 0.176. The number of hydrogen-bond donors (Lipinski definition) is 1. The third-order valence-electron chi connectivity index (χ3n) is 3.14. The lowest BCUT2D eigenvalue weighted by atomic mass is 10.1. The molecule has 0 aliphatic rings. The van der Waals surface area contributed by atoms with Crippen molar-refractivity contribution in [1.29, 1.82) is 0 Å². The van der Waals surface area contributed by atoms with Gasteiger partial charge in [0.15, 0.2) is 5.82 Å². The summed E-state index contributed by atoms with van der Waals surface area (Å²) in [5, 5.41) is 13.6. The first-order chi connectivity index (χ1) is 10.1. The Morgan fingerprint density at radius 3 is 2.62 bits per heavy atom. The molecule has 1 N–H and O–H groups in total. The Balaban J connectivity index is 1.84. The Kier molecular flexibility index (Phi) is 3.39. The van der Waals surface area contributed by atoms with Crippen molar-refractivity contribution < 1.29 is 14.0 Å². The molecule has 21 heavy (non-hydrogen) atoms. The van der Waals surface area contributed by atoms with Gasteiger partial charge in [-0.1, -0.05) is 35.0 Å². The Labute approximate surface area is 120 Å². The van der Waals surface area contributed by atoms with Crippen LogP contribution in [0.25, 0.3) is 11.5 Å². The Hall–Kier alpha value is -2.69. The van der Waals surface area contributed by atoms with Gasteiger partial charge in [-0.15, -0.1) is 0 Å². The highest BCUT2D eigenvalue weighted by atomic mass is 19.1. The average molecular weight is 284 g/mol. The molecular formula is C16H13FN2O2. The van der Waals surface area contributed by atoms with Crippen molar-refractivity contribution in [2.45, 2.75) is 13.3 Å². The molecule has 0 aliphatic heterocycles. The predicted molar refractivity (Wildman–Crippen MR) is 75.3 cm³/mol. The van der Waals surface area contributed by atoms with Crippen molar-refractivity contribution in [3.8, 4) is 17.2 Å². The summed E-state index contributed by atoms with van der Waals surface area (Å²) >= 11 is 0. The number of phenols is 1. The molecule has 0 radical (unpaired) electrons. The number of halogens is 1. The minimum Gasteiger partial charge on any atom is -0.507 e. The highest BCUT2D eigenvalue weighted by Gasteiger charge is 2.13. The first kappa shape index (κ1) is 13.3. The zero-order valence-electron chi connectivity index (χ0n) is 11.4. The van der Waals surface area contributed by atoms with Gasteiger partial charge in [0.2, 0.25) is 0 Å². The lowest BCUT2D eigenvalue weighted by molar-refractivity contribution is 0.418.